The van der Waals surface area contributed by atoms with Crippen LogP contribution in [0.15, 0.2) is 18.2 Å². The molecule has 2 fully saturated rings. The minimum atomic E-state index is -0.447. The van der Waals surface area contributed by atoms with Crippen molar-refractivity contribution in [3.05, 3.63) is 29.6 Å². The summed E-state index contributed by atoms with van der Waals surface area (Å²) < 4.78 is 18.8. The van der Waals surface area contributed by atoms with E-state index in [-0.39, 0.29) is 17.6 Å². The van der Waals surface area contributed by atoms with Crippen LogP contribution in [0.2, 0.25) is 0 Å². The van der Waals surface area contributed by atoms with Gasteiger partial charge in [0.05, 0.1) is 7.11 Å². The van der Waals surface area contributed by atoms with Gasteiger partial charge >= 0.3 is 0 Å². The highest BCUT2D eigenvalue weighted by molar-refractivity contribution is 5.80. The number of rotatable bonds is 6. The molecule has 0 saturated carbocycles. The van der Waals surface area contributed by atoms with Crippen molar-refractivity contribution in [2.75, 3.05) is 20.2 Å². The second-order valence-corrected chi connectivity index (χ2v) is 8.06. The van der Waals surface area contributed by atoms with Gasteiger partial charge in [0.1, 0.15) is 0 Å². The quantitative estimate of drug-likeness (QED) is 0.830. The molecule has 5 nitrogen and oxygen atoms in total. The SMILES string of the molecule is COc1cc(C[C@@]2(CCC(=O)N3CCC[C@@H](C)C3)CCC(=O)N2)ccc1F. The van der Waals surface area contributed by atoms with Gasteiger partial charge in [-0.3, -0.25) is 9.59 Å². The molecule has 3 rings (SSSR count). The van der Waals surface area contributed by atoms with Gasteiger partial charge in [0.2, 0.25) is 11.8 Å². The average molecular weight is 376 g/mol. The Labute approximate surface area is 160 Å². The Morgan fingerprint density at radius 1 is 1.44 bits per heavy atom. The first-order chi connectivity index (χ1) is 12.9. The number of hydrogen-bond donors (Lipinski definition) is 1. The predicted molar refractivity (Wildman–Crippen MR) is 101 cm³/mol. The Bertz CT molecular complexity index is 709. The first-order valence-electron chi connectivity index (χ1n) is 9.82. The van der Waals surface area contributed by atoms with Gasteiger partial charge in [0.15, 0.2) is 11.6 Å². The molecule has 1 aromatic rings. The van der Waals surface area contributed by atoms with E-state index in [1.165, 1.54) is 19.6 Å². The molecule has 2 heterocycles. The normalized spacial score (nSPS) is 25.4. The second kappa shape index (κ2) is 8.28. The van der Waals surface area contributed by atoms with E-state index in [0.29, 0.717) is 38.0 Å². The molecule has 148 valence electrons. The largest absolute Gasteiger partial charge is 0.494 e. The van der Waals surface area contributed by atoms with Crippen molar-refractivity contribution in [3.8, 4) is 5.75 Å². The Kier molecular flexibility index (Phi) is 6.02. The topological polar surface area (TPSA) is 58.6 Å². The van der Waals surface area contributed by atoms with E-state index in [1.807, 2.05) is 4.90 Å². The van der Waals surface area contributed by atoms with E-state index in [4.69, 9.17) is 4.74 Å². The maximum atomic E-state index is 13.7. The summed E-state index contributed by atoms with van der Waals surface area (Å²) in [6.45, 7) is 3.84. The zero-order chi connectivity index (χ0) is 19.4. The number of ether oxygens (including phenoxy) is 1. The van der Waals surface area contributed by atoms with Crippen LogP contribution in [0.4, 0.5) is 4.39 Å². The molecule has 6 heteroatoms. The lowest BCUT2D eigenvalue weighted by Gasteiger charge is -2.33. The van der Waals surface area contributed by atoms with Crippen LogP contribution >= 0.6 is 0 Å². The van der Waals surface area contributed by atoms with Gasteiger partial charge in [-0.2, -0.15) is 0 Å². The number of piperidine rings is 1. The van der Waals surface area contributed by atoms with Crippen molar-refractivity contribution in [1.29, 1.82) is 0 Å². The van der Waals surface area contributed by atoms with Crippen LogP contribution in [0.5, 0.6) is 5.75 Å². The van der Waals surface area contributed by atoms with Gasteiger partial charge in [0.25, 0.3) is 0 Å². The molecule has 1 aromatic carbocycles. The summed E-state index contributed by atoms with van der Waals surface area (Å²) in [5.74, 6) is 0.530. The predicted octanol–water partition coefficient (Wildman–Crippen LogP) is 3.06. The van der Waals surface area contributed by atoms with Crippen LogP contribution in [-0.4, -0.2) is 42.5 Å². The summed E-state index contributed by atoms with van der Waals surface area (Å²) in [5, 5.41) is 3.09. The number of halogens is 1. The molecule has 0 aliphatic carbocycles. The lowest BCUT2D eigenvalue weighted by molar-refractivity contribution is -0.133. The average Bonchev–Trinajstić information content (AvgIpc) is 3.02. The maximum Gasteiger partial charge on any atom is 0.222 e. The summed E-state index contributed by atoms with van der Waals surface area (Å²) >= 11 is 0. The molecule has 0 aromatic heterocycles. The Morgan fingerprint density at radius 3 is 2.93 bits per heavy atom. The molecule has 27 heavy (non-hydrogen) atoms. The van der Waals surface area contributed by atoms with E-state index in [1.54, 1.807) is 12.1 Å². The molecule has 2 atom stereocenters. The first-order valence-corrected chi connectivity index (χ1v) is 9.82. The van der Waals surface area contributed by atoms with Crippen molar-refractivity contribution in [3.63, 3.8) is 0 Å². The first kappa shape index (κ1) is 19.6. The summed E-state index contributed by atoms with van der Waals surface area (Å²) in [6.07, 6.45) is 4.98. The number of benzene rings is 1. The number of likely N-dealkylation sites (tertiary alicyclic amines) is 1. The molecule has 0 bridgehead atoms. The standard InChI is InChI=1S/C21H29FN2O3/c1-15-4-3-11-24(14-15)20(26)8-10-21(9-7-19(25)23-21)13-16-5-6-17(22)18(12-16)27-2/h5-6,12,15H,3-4,7-11,13-14H2,1-2H3,(H,23,25)/t15-,21+/m1/s1. The Morgan fingerprint density at radius 2 is 2.26 bits per heavy atom. The number of nitrogens with zero attached hydrogens (tertiary/aromatic N) is 1. The van der Waals surface area contributed by atoms with Gasteiger partial charge in [0, 0.05) is 31.5 Å². The highest BCUT2D eigenvalue weighted by atomic mass is 19.1. The fourth-order valence-electron chi connectivity index (χ4n) is 4.31. The van der Waals surface area contributed by atoms with E-state index >= 15 is 0 Å². The van der Waals surface area contributed by atoms with Crippen LogP contribution < -0.4 is 10.1 Å². The van der Waals surface area contributed by atoms with E-state index < -0.39 is 11.4 Å². The molecular weight excluding hydrogens is 347 g/mol. The van der Waals surface area contributed by atoms with Crippen LogP contribution in [0.3, 0.4) is 0 Å². The Hall–Kier alpha value is -2.11. The van der Waals surface area contributed by atoms with Gasteiger partial charge in [-0.05, 0) is 55.7 Å². The molecule has 0 radical (unpaired) electrons. The minimum absolute atomic E-state index is 0.0168. The molecule has 1 N–H and O–H groups in total. The second-order valence-electron chi connectivity index (χ2n) is 8.06. The third kappa shape index (κ3) is 4.79. The van der Waals surface area contributed by atoms with Crippen molar-refractivity contribution in [2.45, 2.75) is 57.4 Å². The lowest BCUT2D eigenvalue weighted by atomic mass is 9.84. The summed E-state index contributed by atoms with van der Waals surface area (Å²) in [7, 11) is 1.44. The number of carbonyl (C=O) groups is 2. The zero-order valence-electron chi connectivity index (χ0n) is 16.2. The monoisotopic (exact) mass is 376 g/mol. The summed E-state index contributed by atoms with van der Waals surface area (Å²) in [5.41, 5.74) is 0.450. The third-order valence-electron chi connectivity index (χ3n) is 5.82. The summed E-state index contributed by atoms with van der Waals surface area (Å²) in [4.78, 5) is 26.5. The number of hydrogen-bond acceptors (Lipinski definition) is 3. The smallest absolute Gasteiger partial charge is 0.222 e. The van der Waals surface area contributed by atoms with Gasteiger partial charge in [-0.25, -0.2) is 4.39 Å². The van der Waals surface area contributed by atoms with Gasteiger partial charge in [-0.1, -0.05) is 13.0 Å². The van der Waals surface area contributed by atoms with E-state index in [2.05, 4.69) is 12.2 Å². The molecule has 0 spiro atoms. The summed E-state index contributed by atoms with van der Waals surface area (Å²) in [6, 6.07) is 4.78. The van der Waals surface area contributed by atoms with Crippen LogP contribution in [0.1, 0.15) is 51.0 Å². The fourth-order valence-corrected chi connectivity index (χ4v) is 4.31. The van der Waals surface area contributed by atoms with Crippen LogP contribution in [0.25, 0.3) is 0 Å². The van der Waals surface area contributed by atoms with Crippen molar-refractivity contribution >= 4 is 11.8 Å². The van der Waals surface area contributed by atoms with Gasteiger partial charge < -0.3 is 15.0 Å². The molecule has 0 unspecified atom stereocenters. The van der Waals surface area contributed by atoms with E-state index in [0.717, 1.165) is 25.1 Å². The highest BCUT2D eigenvalue weighted by Crippen LogP contribution is 2.31. The lowest BCUT2D eigenvalue weighted by Crippen LogP contribution is -2.45. The van der Waals surface area contributed by atoms with Crippen LogP contribution in [-0.2, 0) is 16.0 Å². The molecule has 2 aliphatic heterocycles. The Balaban J connectivity index is 1.68. The number of amides is 2. The van der Waals surface area contributed by atoms with Crippen LogP contribution in [0, 0.1) is 11.7 Å². The van der Waals surface area contributed by atoms with Crippen molar-refractivity contribution < 1.29 is 18.7 Å². The van der Waals surface area contributed by atoms with Crippen molar-refractivity contribution in [2.24, 2.45) is 5.92 Å². The maximum absolute atomic E-state index is 13.7. The molecule has 2 aliphatic rings. The molecule has 2 saturated heterocycles. The zero-order valence-corrected chi connectivity index (χ0v) is 16.2. The molecule has 2 amide bonds. The van der Waals surface area contributed by atoms with Gasteiger partial charge in [-0.15, -0.1) is 0 Å². The molecular formula is C21H29FN2O3. The number of nitrogens with one attached hydrogen (secondary N) is 1. The third-order valence-corrected chi connectivity index (χ3v) is 5.82. The number of methoxy groups -OCH3 is 1. The fraction of sp³-hybridized carbons (Fsp3) is 0.619. The number of carbonyl (C=O) groups excluding carboxylic acids is 2. The van der Waals surface area contributed by atoms with E-state index in [9.17, 15) is 14.0 Å². The van der Waals surface area contributed by atoms with Crippen molar-refractivity contribution in [1.82, 2.24) is 10.2 Å². The highest BCUT2D eigenvalue weighted by Gasteiger charge is 2.38. The minimum Gasteiger partial charge on any atom is -0.494 e.